The molecule has 5 nitrogen and oxygen atoms in total. The fraction of sp³-hybridized carbons (Fsp3) is 0.565. The Morgan fingerprint density at radius 2 is 1.89 bits per heavy atom. The lowest BCUT2D eigenvalue weighted by atomic mass is 9.79. The summed E-state index contributed by atoms with van der Waals surface area (Å²) in [7, 11) is 1.84. The molecule has 0 bridgehead atoms. The zero-order valence-corrected chi connectivity index (χ0v) is 17.4. The number of carbonyl (C=O) groups excluding carboxylic acids is 1. The van der Waals surface area contributed by atoms with Crippen molar-refractivity contribution >= 4 is 5.91 Å². The van der Waals surface area contributed by atoms with Crippen LogP contribution in [0.1, 0.15) is 60.6 Å². The van der Waals surface area contributed by atoms with E-state index in [9.17, 15) is 4.79 Å². The van der Waals surface area contributed by atoms with Crippen LogP contribution in [0, 0.1) is 5.41 Å². The van der Waals surface area contributed by atoms with Crippen LogP contribution in [0.25, 0.3) is 0 Å². The van der Waals surface area contributed by atoms with Crippen LogP contribution in [-0.4, -0.2) is 51.7 Å². The molecule has 1 aromatic heterocycles. The molecule has 0 saturated carbocycles. The van der Waals surface area contributed by atoms with Crippen molar-refractivity contribution in [1.29, 1.82) is 0 Å². The van der Waals surface area contributed by atoms with E-state index < -0.39 is 0 Å². The molecule has 3 heterocycles. The van der Waals surface area contributed by atoms with Gasteiger partial charge in [0.15, 0.2) is 0 Å². The maximum Gasteiger partial charge on any atom is 0.272 e. The van der Waals surface area contributed by atoms with Gasteiger partial charge in [0, 0.05) is 44.8 Å². The lowest BCUT2D eigenvalue weighted by molar-refractivity contribution is 0.0667. The topological polar surface area (TPSA) is 41.4 Å². The number of carbonyl (C=O) groups is 1. The summed E-state index contributed by atoms with van der Waals surface area (Å²) in [6, 6.07) is 10.9. The van der Waals surface area contributed by atoms with Gasteiger partial charge in [-0.1, -0.05) is 38.1 Å². The van der Waals surface area contributed by atoms with Gasteiger partial charge in [0.2, 0.25) is 0 Å². The first-order valence-electron chi connectivity index (χ1n) is 10.5. The van der Waals surface area contributed by atoms with Gasteiger partial charge in [-0.3, -0.25) is 14.4 Å². The van der Waals surface area contributed by atoms with Gasteiger partial charge in [0.05, 0.1) is 0 Å². The van der Waals surface area contributed by atoms with E-state index in [1.807, 2.05) is 18.0 Å². The maximum atomic E-state index is 12.9. The van der Waals surface area contributed by atoms with Gasteiger partial charge < -0.3 is 4.90 Å². The van der Waals surface area contributed by atoms with Crippen LogP contribution < -0.4 is 0 Å². The van der Waals surface area contributed by atoms with Crippen LogP contribution in [-0.2, 0) is 13.6 Å². The Bertz CT molecular complexity index is 825. The molecule has 1 spiro atoms. The Morgan fingerprint density at radius 3 is 2.57 bits per heavy atom. The minimum atomic E-state index is 0.123. The number of benzene rings is 1. The van der Waals surface area contributed by atoms with Crippen molar-refractivity contribution in [3.05, 3.63) is 53.3 Å². The number of likely N-dealkylation sites (tertiary alicyclic amines) is 2. The number of nitrogens with zero attached hydrogens (tertiary/aromatic N) is 4. The molecule has 150 valence electrons. The smallest absolute Gasteiger partial charge is 0.272 e. The fourth-order valence-electron chi connectivity index (χ4n) is 4.90. The van der Waals surface area contributed by atoms with Crippen LogP contribution >= 0.6 is 0 Å². The van der Waals surface area contributed by atoms with Gasteiger partial charge in [-0.15, -0.1) is 0 Å². The lowest BCUT2D eigenvalue weighted by Crippen LogP contribution is -2.45. The number of piperidine rings is 1. The third-order valence-corrected chi connectivity index (χ3v) is 6.56. The molecule has 2 saturated heterocycles. The van der Waals surface area contributed by atoms with Crippen molar-refractivity contribution in [2.75, 3.05) is 26.2 Å². The van der Waals surface area contributed by atoms with Crippen LogP contribution in [0.5, 0.6) is 0 Å². The largest absolute Gasteiger partial charge is 0.337 e. The summed E-state index contributed by atoms with van der Waals surface area (Å²) in [4.78, 5) is 17.5. The zero-order valence-electron chi connectivity index (χ0n) is 17.4. The third kappa shape index (κ3) is 3.86. The van der Waals surface area contributed by atoms with Crippen molar-refractivity contribution < 1.29 is 4.79 Å². The standard InChI is InChI=1S/C23H32N4O/c1-18(2)20-7-5-19(6-8-20)15-26-13-4-10-23(16-26)11-14-27(17-23)22(28)21-9-12-24-25(21)3/h5-9,12,18H,4,10-11,13-17H2,1-3H3/t23-/m0/s1. The maximum absolute atomic E-state index is 12.9. The van der Waals surface area contributed by atoms with E-state index in [0.29, 0.717) is 11.6 Å². The van der Waals surface area contributed by atoms with Crippen molar-refractivity contribution in [3.63, 3.8) is 0 Å². The summed E-state index contributed by atoms with van der Waals surface area (Å²) in [5.41, 5.74) is 3.74. The van der Waals surface area contributed by atoms with E-state index in [4.69, 9.17) is 0 Å². The number of amides is 1. The molecule has 0 N–H and O–H groups in total. The number of hydrogen-bond acceptors (Lipinski definition) is 3. The highest BCUT2D eigenvalue weighted by molar-refractivity contribution is 5.92. The van der Waals surface area contributed by atoms with Crippen molar-refractivity contribution in [1.82, 2.24) is 19.6 Å². The minimum absolute atomic E-state index is 0.123. The Morgan fingerprint density at radius 1 is 1.11 bits per heavy atom. The van der Waals surface area contributed by atoms with E-state index in [2.05, 4.69) is 48.1 Å². The normalized spacial score (nSPS) is 23.1. The van der Waals surface area contributed by atoms with E-state index in [1.165, 1.54) is 24.0 Å². The first-order valence-corrected chi connectivity index (χ1v) is 10.5. The second-order valence-electron chi connectivity index (χ2n) is 9.03. The third-order valence-electron chi connectivity index (χ3n) is 6.56. The average molecular weight is 381 g/mol. The summed E-state index contributed by atoms with van der Waals surface area (Å²) in [5.74, 6) is 0.701. The number of rotatable bonds is 4. The molecule has 2 fully saturated rings. The summed E-state index contributed by atoms with van der Waals surface area (Å²) in [5, 5.41) is 4.15. The highest BCUT2D eigenvalue weighted by atomic mass is 16.2. The lowest BCUT2D eigenvalue weighted by Gasteiger charge is -2.40. The van der Waals surface area contributed by atoms with Crippen molar-refractivity contribution in [2.24, 2.45) is 12.5 Å². The summed E-state index contributed by atoms with van der Waals surface area (Å²) < 4.78 is 1.68. The molecule has 1 amide bonds. The predicted molar refractivity (Wildman–Crippen MR) is 111 cm³/mol. The Labute approximate surface area is 168 Å². The van der Waals surface area contributed by atoms with E-state index in [-0.39, 0.29) is 11.3 Å². The molecule has 0 radical (unpaired) electrons. The molecule has 0 aliphatic carbocycles. The van der Waals surface area contributed by atoms with Crippen molar-refractivity contribution in [2.45, 2.75) is 45.6 Å². The van der Waals surface area contributed by atoms with E-state index in [0.717, 1.165) is 39.1 Å². The quantitative estimate of drug-likeness (QED) is 0.813. The molecule has 2 aliphatic rings. The second-order valence-corrected chi connectivity index (χ2v) is 9.03. The zero-order chi connectivity index (χ0) is 19.7. The van der Waals surface area contributed by atoms with Gasteiger partial charge in [-0.2, -0.15) is 5.10 Å². The molecule has 0 unspecified atom stereocenters. The summed E-state index contributed by atoms with van der Waals surface area (Å²) in [6.07, 6.45) is 5.26. The molecule has 2 aliphatic heterocycles. The van der Waals surface area contributed by atoms with E-state index in [1.54, 1.807) is 10.9 Å². The van der Waals surface area contributed by atoms with Gasteiger partial charge in [0.25, 0.3) is 5.91 Å². The summed E-state index contributed by atoms with van der Waals surface area (Å²) >= 11 is 0. The molecular weight excluding hydrogens is 348 g/mol. The number of hydrogen-bond donors (Lipinski definition) is 0. The van der Waals surface area contributed by atoms with Gasteiger partial charge in [-0.25, -0.2) is 0 Å². The molecule has 5 heteroatoms. The second kappa shape index (κ2) is 7.70. The minimum Gasteiger partial charge on any atom is -0.337 e. The molecule has 2 aromatic rings. The van der Waals surface area contributed by atoms with E-state index >= 15 is 0 Å². The fourth-order valence-corrected chi connectivity index (χ4v) is 4.90. The number of aryl methyl sites for hydroxylation is 1. The molecule has 28 heavy (non-hydrogen) atoms. The Kier molecular flexibility index (Phi) is 5.28. The monoisotopic (exact) mass is 380 g/mol. The predicted octanol–water partition coefficient (Wildman–Crippen LogP) is 3.67. The van der Waals surface area contributed by atoms with Crippen LogP contribution in [0.4, 0.5) is 0 Å². The first-order chi connectivity index (χ1) is 13.5. The summed E-state index contributed by atoms with van der Waals surface area (Å²) in [6.45, 7) is 9.47. The highest BCUT2D eigenvalue weighted by Gasteiger charge is 2.43. The molecule has 4 rings (SSSR count). The first kappa shape index (κ1) is 19.2. The van der Waals surface area contributed by atoms with Gasteiger partial charge in [-0.05, 0) is 48.9 Å². The van der Waals surface area contributed by atoms with Gasteiger partial charge in [0.1, 0.15) is 5.69 Å². The van der Waals surface area contributed by atoms with Crippen LogP contribution in [0.2, 0.25) is 0 Å². The molecular formula is C23H32N4O. The average Bonchev–Trinajstić information content (AvgIpc) is 3.28. The van der Waals surface area contributed by atoms with Crippen molar-refractivity contribution in [3.8, 4) is 0 Å². The Hall–Kier alpha value is -2.14. The highest BCUT2D eigenvalue weighted by Crippen LogP contribution is 2.39. The van der Waals surface area contributed by atoms with Gasteiger partial charge >= 0.3 is 0 Å². The molecule has 1 aromatic carbocycles. The number of aromatic nitrogens is 2. The van der Waals surface area contributed by atoms with Crippen LogP contribution in [0.3, 0.4) is 0 Å². The van der Waals surface area contributed by atoms with Crippen LogP contribution in [0.15, 0.2) is 36.5 Å². The molecule has 1 atom stereocenters. The Balaban J connectivity index is 1.39. The SMILES string of the molecule is CC(C)c1ccc(CN2CCC[C@]3(CCN(C(=O)c4ccnn4C)C3)C2)cc1.